The molecule has 0 aromatic carbocycles. The van der Waals surface area contributed by atoms with Crippen molar-refractivity contribution >= 4 is 0 Å². The maximum atomic E-state index is 8.56. The predicted octanol–water partition coefficient (Wildman–Crippen LogP) is 4.05. The Morgan fingerprint density at radius 3 is 2.53 bits per heavy atom. The van der Waals surface area contributed by atoms with E-state index < -0.39 is 0 Å². The molecule has 1 heterocycles. The minimum Gasteiger partial charge on any atom is -0.261 e. The number of pyridine rings is 1. The van der Waals surface area contributed by atoms with E-state index in [4.69, 9.17) is 5.26 Å². The fraction of sp³-hybridized carbons (Fsp3) is 0.600. The zero-order chi connectivity index (χ0) is 12.3. The molecule has 92 valence electrons. The lowest BCUT2D eigenvalue weighted by Crippen LogP contribution is -1.92. The number of rotatable bonds is 8. The number of hydrogen-bond donors (Lipinski definition) is 0. The minimum absolute atomic E-state index is 0.463. The van der Waals surface area contributed by atoms with Gasteiger partial charge in [-0.3, -0.25) is 4.98 Å². The highest BCUT2D eigenvalue weighted by molar-refractivity contribution is 5.17. The molecule has 1 aromatic rings. The van der Waals surface area contributed by atoms with Gasteiger partial charge in [-0.15, -0.1) is 0 Å². The van der Waals surface area contributed by atoms with Crippen LogP contribution < -0.4 is 0 Å². The van der Waals surface area contributed by atoms with Gasteiger partial charge < -0.3 is 0 Å². The monoisotopic (exact) mass is 230 g/mol. The molecular weight excluding hydrogens is 208 g/mol. The SMILES string of the molecule is CCCCCCCCc1ccc(CC#N)cn1. The Kier molecular flexibility index (Phi) is 7.06. The Morgan fingerprint density at radius 2 is 1.88 bits per heavy atom. The van der Waals surface area contributed by atoms with E-state index in [0.29, 0.717) is 6.42 Å². The molecule has 0 aliphatic heterocycles. The van der Waals surface area contributed by atoms with Crippen LogP contribution in [0.25, 0.3) is 0 Å². The summed E-state index contributed by atoms with van der Waals surface area (Å²) < 4.78 is 0. The van der Waals surface area contributed by atoms with Crippen molar-refractivity contribution in [3.05, 3.63) is 29.6 Å². The Bertz CT molecular complexity index is 335. The van der Waals surface area contributed by atoms with Crippen molar-refractivity contribution in [2.24, 2.45) is 0 Å². The fourth-order valence-corrected chi connectivity index (χ4v) is 1.89. The Labute approximate surface area is 105 Å². The number of nitriles is 1. The summed E-state index contributed by atoms with van der Waals surface area (Å²) >= 11 is 0. The van der Waals surface area contributed by atoms with Crippen LogP contribution in [0, 0.1) is 11.3 Å². The molecule has 0 bridgehead atoms. The first-order valence-corrected chi connectivity index (χ1v) is 6.67. The highest BCUT2D eigenvalue weighted by atomic mass is 14.7. The van der Waals surface area contributed by atoms with Crippen molar-refractivity contribution < 1.29 is 0 Å². The zero-order valence-electron chi connectivity index (χ0n) is 10.8. The van der Waals surface area contributed by atoms with Gasteiger partial charge >= 0.3 is 0 Å². The number of unbranched alkanes of at least 4 members (excludes halogenated alkanes) is 5. The third-order valence-electron chi connectivity index (χ3n) is 2.96. The quantitative estimate of drug-likeness (QED) is 0.632. The third-order valence-corrected chi connectivity index (χ3v) is 2.96. The summed E-state index contributed by atoms with van der Waals surface area (Å²) in [6, 6.07) is 6.21. The van der Waals surface area contributed by atoms with Crippen LogP contribution in [0.2, 0.25) is 0 Å². The Balaban J connectivity index is 2.17. The summed E-state index contributed by atoms with van der Waals surface area (Å²) in [6.45, 7) is 2.24. The van der Waals surface area contributed by atoms with Crippen LogP contribution in [0.4, 0.5) is 0 Å². The number of nitrogens with zero attached hydrogens (tertiary/aromatic N) is 2. The second-order valence-corrected chi connectivity index (χ2v) is 4.51. The molecule has 0 saturated carbocycles. The molecule has 2 heteroatoms. The van der Waals surface area contributed by atoms with Gasteiger partial charge in [-0.25, -0.2) is 0 Å². The molecular formula is C15H22N2. The maximum absolute atomic E-state index is 8.56. The van der Waals surface area contributed by atoms with E-state index in [1.165, 1.54) is 38.5 Å². The van der Waals surface area contributed by atoms with Crippen LogP contribution in [0.15, 0.2) is 18.3 Å². The first-order valence-electron chi connectivity index (χ1n) is 6.67. The normalized spacial score (nSPS) is 10.1. The van der Waals surface area contributed by atoms with Crippen LogP contribution in [0.3, 0.4) is 0 Å². The van der Waals surface area contributed by atoms with Crippen LogP contribution in [0.5, 0.6) is 0 Å². The molecule has 0 spiro atoms. The molecule has 0 amide bonds. The largest absolute Gasteiger partial charge is 0.261 e. The fourth-order valence-electron chi connectivity index (χ4n) is 1.89. The van der Waals surface area contributed by atoms with Gasteiger partial charge in [0.15, 0.2) is 0 Å². The van der Waals surface area contributed by atoms with Crippen LogP contribution in [-0.2, 0) is 12.8 Å². The van der Waals surface area contributed by atoms with Crippen molar-refractivity contribution in [3.8, 4) is 6.07 Å². The molecule has 0 unspecified atom stereocenters. The van der Waals surface area contributed by atoms with Gasteiger partial charge in [0.2, 0.25) is 0 Å². The van der Waals surface area contributed by atoms with Gasteiger partial charge in [-0.2, -0.15) is 5.26 Å². The molecule has 0 saturated heterocycles. The lowest BCUT2D eigenvalue weighted by molar-refractivity contribution is 0.604. The van der Waals surface area contributed by atoms with Crippen molar-refractivity contribution in [2.75, 3.05) is 0 Å². The standard InChI is InChI=1S/C15H22N2/c1-2-3-4-5-6-7-8-15-10-9-14(11-12-16)13-17-15/h9-10,13H,2-8,11H2,1H3. The first-order chi connectivity index (χ1) is 8.36. The summed E-state index contributed by atoms with van der Waals surface area (Å²) in [5.74, 6) is 0. The van der Waals surface area contributed by atoms with E-state index in [0.717, 1.165) is 17.7 Å². The molecule has 0 radical (unpaired) electrons. The van der Waals surface area contributed by atoms with E-state index in [1.54, 1.807) is 0 Å². The molecule has 0 aliphatic rings. The van der Waals surface area contributed by atoms with E-state index in [-0.39, 0.29) is 0 Å². The second-order valence-electron chi connectivity index (χ2n) is 4.51. The summed E-state index contributed by atoms with van der Waals surface area (Å²) in [4.78, 5) is 4.38. The minimum atomic E-state index is 0.463. The lowest BCUT2D eigenvalue weighted by Gasteiger charge is -2.02. The van der Waals surface area contributed by atoms with Gasteiger partial charge in [0.05, 0.1) is 12.5 Å². The second kappa shape index (κ2) is 8.75. The molecule has 1 aromatic heterocycles. The van der Waals surface area contributed by atoms with Crippen LogP contribution >= 0.6 is 0 Å². The van der Waals surface area contributed by atoms with Gasteiger partial charge in [0, 0.05) is 11.9 Å². The summed E-state index contributed by atoms with van der Waals surface area (Å²) in [7, 11) is 0. The molecule has 0 fully saturated rings. The molecule has 0 N–H and O–H groups in total. The third kappa shape index (κ3) is 6.06. The highest BCUT2D eigenvalue weighted by Crippen LogP contribution is 2.09. The molecule has 2 nitrogen and oxygen atoms in total. The lowest BCUT2D eigenvalue weighted by atomic mass is 10.1. The van der Waals surface area contributed by atoms with Crippen LogP contribution in [-0.4, -0.2) is 4.98 Å². The van der Waals surface area contributed by atoms with E-state index >= 15 is 0 Å². The average molecular weight is 230 g/mol. The van der Waals surface area contributed by atoms with Gasteiger partial charge in [0.25, 0.3) is 0 Å². The first kappa shape index (κ1) is 13.7. The molecule has 1 rings (SSSR count). The van der Waals surface area contributed by atoms with E-state index in [9.17, 15) is 0 Å². The topological polar surface area (TPSA) is 36.7 Å². The van der Waals surface area contributed by atoms with Gasteiger partial charge in [-0.05, 0) is 24.5 Å². The summed E-state index contributed by atoms with van der Waals surface area (Å²) in [5, 5.41) is 8.56. The Morgan fingerprint density at radius 1 is 1.12 bits per heavy atom. The molecule has 0 atom stereocenters. The van der Waals surface area contributed by atoms with E-state index in [2.05, 4.69) is 24.0 Å². The smallest absolute Gasteiger partial charge is 0.0670 e. The van der Waals surface area contributed by atoms with Crippen molar-refractivity contribution in [2.45, 2.75) is 58.3 Å². The Hall–Kier alpha value is -1.36. The maximum Gasteiger partial charge on any atom is 0.0670 e. The van der Waals surface area contributed by atoms with Gasteiger partial charge in [-0.1, -0.05) is 45.1 Å². The van der Waals surface area contributed by atoms with Crippen molar-refractivity contribution in [1.29, 1.82) is 5.26 Å². The summed E-state index contributed by atoms with van der Waals surface area (Å²) in [6.07, 6.45) is 11.3. The van der Waals surface area contributed by atoms with Gasteiger partial charge in [0.1, 0.15) is 0 Å². The molecule has 17 heavy (non-hydrogen) atoms. The predicted molar refractivity (Wildman–Crippen MR) is 70.6 cm³/mol. The van der Waals surface area contributed by atoms with Crippen LogP contribution in [0.1, 0.15) is 56.7 Å². The summed E-state index contributed by atoms with van der Waals surface area (Å²) in [5.41, 5.74) is 2.17. The van der Waals surface area contributed by atoms with Crippen molar-refractivity contribution in [3.63, 3.8) is 0 Å². The van der Waals surface area contributed by atoms with E-state index in [1.807, 2.05) is 12.3 Å². The molecule has 0 aliphatic carbocycles. The van der Waals surface area contributed by atoms with Crippen molar-refractivity contribution in [1.82, 2.24) is 4.98 Å². The number of aryl methyl sites for hydroxylation is 1. The highest BCUT2D eigenvalue weighted by Gasteiger charge is 1.96. The number of hydrogen-bond acceptors (Lipinski definition) is 2. The zero-order valence-corrected chi connectivity index (χ0v) is 10.8. The average Bonchev–Trinajstić information content (AvgIpc) is 2.36. The number of aromatic nitrogens is 1.